The molecule has 2 aliphatic rings. The molecule has 24 heavy (non-hydrogen) atoms. The van der Waals surface area contributed by atoms with Crippen molar-refractivity contribution in [2.45, 2.75) is 51.1 Å². The topological polar surface area (TPSA) is 66.3 Å². The lowest BCUT2D eigenvalue weighted by Crippen LogP contribution is -2.44. The number of nitrogens with zero attached hydrogens (tertiary/aromatic N) is 1. The SMILES string of the molecule is C[C@@H]1C[C@@H]2CCCC[C@H]2N1C(=O)c1ccc(-c2ccco2)[nH]c1=O. The summed E-state index contributed by atoms with van der Waals surface area (Å²) in [7, 11) is 0. The zero-order chi connectivity index (χ0) is 16.7. The van der Waals surface area contributed by atoms with Crippen LogP contribution in [0.1, 0.15) is 49.4 Å². The number of fused-ring (bicyclic) bond motifs is 1. The first-order chi connectivity index (χ1) is 11.6. The zero-order valence-electron chi connectivity index (χ0n) is 13.8. The number of aromatic nitrogens is 1. The third-order valence-corrected chi connectivity index (χ3v) is 5.51. The van der Waals surface area contributed by atoms with E-state index in [-0.39, 0.29) is 23.1 Å². The number of aromatic amines is 1. The van der Waals surface area contributed by atoms with Crippen molar-refractivity contribution < 1.29 is 9.21 Å². The molecule has 0 bridgehead atoms. The Balaban J connectivity index is 1.63. The van der Waals surface area contributed by atoms with Crippen molar-refractivity contribution in [2.75, 3.05) is 0 Å². The van der Waals surface area contributed by atoms with Crippen LogP contribution in [0.4, 0.5) is 0 Å². The minimum atomic E-state index is -0.347. The van der Waals surface area contributed by atoms with Crippen molar-refractivity contribution in [1.82, 2.24) is 9.88 Å². The molecule has 1 aliphatic carbocycles. The van der Waals surface area contributed by atoms with E-state index in [0.717, 1.165) is 12.8 Å². The normalized spacial score (nSPS) is 26.4. The zero-order valence-corrected chi connectivity index (χ0v) is 13.8. The molecule has 1 saturated heterocycles. The summed E-state index contributed by atoms with van der Waals surface area (Å²) in [5.41, 5.74) is 0.468. The third-order valence-electron chi connectivity index (χ3n) is 5.51. The summed E-state index contributed by atoms with van der Waals surface area (Å²) >= 11 is 0. The van der Waals surface area contributed by atoms with Crippen molar-refractivity contribution in [3.05, 3.63) is 46.4 Å². The highest BCUT2D eigenvalue weighted by molar-refractivity contribution is 5.94. The van der Waals surface area contributed by atoms with Crippen molar-refractivity contribution >= 4 is 5.91 Å². The minimum absolute atomic E-state index is 0.135. The molecule has 3 heterocycles. The van der Waals surface area contributed by atoms with E-state index in [0.29, 0.717) is 23.4 Å². The first-order valence-electron chi connectivity index (χ1n) is 8.75. The van der Waals surface area contributed by atoms with Gasteiger partial charge in [0.05, 0.1) is 12.0 Å². The monoisotopic (exact) mass is 326 g/mol. The minimum Gasteiger partial charge on any atom is -0.463 e. The molecule has 0 unspecified atom stereocenters. The predicted molar refractivity (Wildman–Crippen MR) is 90.8 cm³/mol. The van der Waals surface area contributed by atoms with E-state index >= 15 is 0 Å². The van der Waals surface area contributed by atoms with Crippen molar-refractivity contribution in [1.29, 1.82) is 0 Å². The van der Waals surface area contributed by atoms with Crippen LogP contribution in [0.5, 0.6) is 0 Å². The number of likely N-dealkylation sites (tertiary alicyclic amines) is 1. The fourth-order valence-corrected chi connectivity index (χ4v) is 4.42. The molecule has 2 aromatic rings. The molecule has 5 heteroatoms. The van der Waals surface area contributed by atoms with Gasteiger partial charge in [-0.25, -0.2) is 0 Å². The predicted octanol–water partition coefficient (Wildman–Crippen LogP) is 3.43. The number of nitrogens with one attached hydrogen (secondary N) is 1. The van der Waals surface area contributed by atoms with Gasteiger partial charge in [-0.05, 0) is 56.4 Å². The molecule has 1 N–H and O–H groups in total. The second-order valence-electron chi connectivity index (χ2n) is 7.00. The van der Waals surface area contributed by atoms with Crippen molar-refractivity contribution in [2.24, 2.45) is 5.92 Å². The van der Waals surface area contributed by atoms with Crippen molar-refractivity contribution in [3.63, 3.8) is 0 Å². The summed E-state index contributed by atoms with van der Waals surface area (Å²) in [6, 6.07) is 7.42. The van der Waals surface area contributed by atoms with E-state index in [2.05, 4.69) is 11.9 Å². The molecule has 5 nitrogen and oxygen atoms in total. The molecule has 126 valence electrons. The van der Waals surface area contributed by atoms with Gasteiger partial charge in [-0.2, -0.15) is 0 Å². The molecule has 4 rings (SSSR count). The third kappa shape index (κ3) is 2.48. The maximum absolute atomic E-state index is 13.0. The molecule has 0 spiro atoms. The first kappa shape index (κ1) is 15.2. The van der Waals surface area contributed by atoms with Crippen LogP contribution in [0, 0.1) is 5.92 Å². The Labute approximate surface area is 140 Å². The van der Waals surface area contributed by atoms with Gasteiger partial charge >= 0.3 is 0 Å². The van der Waals surface area contributed by atoms with Gasteiger partial charge in [0.1, 0.15) is 11.3 Å². The van der Waals surface area contributed by atoms with Crippen LogP contribution < -0.4 is 5.56 Å². The lowest BCUT2D eigenvalue weighted by atomic mass is 9.85. The second-order valence-corrected chi connectivity index (χ2v) is 7.00. The van der Waals surface area contributed by atoms with Crippen LogP contribution in [0.3, 0.4) is 0 Å². The molecular weight excluding hydrogens is 304 g/mol. The average Bonchev–Trinajstić information content (AvgIpc) is 3.21. The number of pyridine rings is 1. The Hall–Kier alpha value is -2.30. The highest BCUT2D eigenvalue weighted by Gasteiger charge is 2.43. The maximum Gasteiger partial charge on any atom is 0.261 e. The summed E-state index contributed by atoms with van der Waals surface area (Å²) in [4.78, 5) is 30.2. The fourth-order valence-electron chi connectivity index (χ4n) is 4.42. The van der Waals surface area contributed by atoms with Crippen LogP contribution in [-0.4, -0.2) is 27.9 Å². The lowest BCUT2D eigenvalue weighted by molar-refractivity contribution is 0.0631. The number of hydrogen-bond donors (Lipinski definition) is 1. The quantitative estimate of drug-likeness (QED) is 0.919. The largest absolute Gasteiger partial charge is 0.463 e. The molecule has 0 aromatic carbocycles. The Bertz CT molecular complexity index is 793. The molecule has 3 atom stereocenters. The molecule has 1 saturated carbocycles. The highest BCUT2D eigenvalue weighted by Crippen LogP contribution is 2.40. The second kappa shape index (κ2) is 5.96. The standard InChI is InChI=1S/C19H22N2O3/c1-12-11-13-5-2-3-6-16(13)21(12)19(23)14-8-9-15(20-18(14)22)17-7-4-10-24-17/h4,7-10,12-13,16H,2-3,5-6,11H2,1H3,(H,20,22)/t12-,13+,16-/m1/s1. The molecular formula is C19H22N2O3. The van der Waals surface area contributed by atoms with Gasteiger partial charge < -0.3 is 14.3 Å². The van der Waals surface area contributed by atoms with Crippen LogP contribution in [0.15, 0.2) is 39.7 Å². The molecule has 0 radical (unpaired) electrons. The van der Waals surface area contributed by atoms with E-state index in [4.69, 9.17) is 4.42 Å². The number of furan rings is 1. The highest BCUT2D eigenvalue weighted by atomic mass is 16.3. The van der Waals surface area contributed by atoms with Gasteiger partial charge in [0, 0.05) is 12.1 Å². The number of hydrogen-bond acceptors (Lipinski definition) is 3. The molecule has 1 amide bonds. The number of carbonyl (C=O) groups excluding carboxylic acids is 1. The number of carbonyl (C=O) groups is 1. The Kier molecular flexibility index (Phi) is 3.79. The summed E-state index contributed by atoms with van der Waals surface area (Å²) in [6.45, 7) is 2.10. The lowest BCUT2D eigenvalue weighted by Gasteiger charge is -2.33. The van der Waals surface area contributed by atoms with Crippen LogP contribution >= 0.6 is 0 Å². The summed E-state index contributed by atoms with van der Waals surface area (Å²) in [5.74, 6) is 1.05. The average molecular weight is 326 g/mol. The molecule has 1 aliphatic heterocycles. The van der Waals surface area contributed by atoms with Crippen LogP contribution in [0.2, 0.25) is 0 Å². The summed E-state index contributed by atoms with van der Waals surface area (Å²) in [5, 5.41) is 0. The van der Waals surface area contributed by atoms with Gasteiger partial charge in [-0.15, -0.1) is 0 Å². The van der Waals surface area contributed by atoms with E-state index in [1.54, 1.807) is 30.5 Å². The van der Waals surface area contributed by atoms with Gasteiger partial charge in [0.25, 0.3) is 11.5 Å². The van der Waals surface area contributed by atoms with Crippen molar-refractivity contribution in [3.8, 4) is 11.5 Å². The van der Waals surface area contributed by atoms with Crippen LogP contribution in [-0.2, 0) is 0 Å². The number of amides is 1. The molecule has 2 aromatic heterocycles. The van der Waals surface area contributed by atoms with Gasteiger partial charge in [0.15, 0.2) is 0 Å². The fraction of sp³-hybridized carbons (Fsp3) is 0.474. The Morgan fingerprint density at radius 3 is 2.83 bits per heavy atom. The molecule has 2 fully saturated rings. The van der Waals surface area contributed by atoms with E-state index in [1.165, 1.54) is 19.3 Å². The van der Waals surface area contributed by atoms with Crippen LogP contribution in [0.25, 0.3) is 11.5 Å². The van der Waals surface area contributed by atoms with E-state index < -0.39 is 0 Å². The van der Waals surface area contributed by atoms with Gasteiger partial charge in [-0.3, -0.25) is 9.59 Å². The smallest absolute Gasteiger partial charge is 0.261 e. The van der Waals surface area contributed by atoms with Gasteiger partial charge in [-0.1, -0.05) is 12.8 Å². The number of H-pyrrole nitrogens is 1. The number of rotatable bonds is 2. The Morgan fingerprint density at radius 1 is 1.25 bits per heavy atom. The summed E-state index contributed by atoms with van der Waals surface area (Å²) in [6.07, 6.45) is 7.30. The first-order valence-corrected chi connectivity index (χ1v) is 8.75. The van der Waals surface area contributed by atoms with E-state index in [1.807, 2.05) is 4.90 Å². The summed E-state index contributed by atoms with van der Waals surface area (Å²) < 4.78 is 5.30. The van der Waals surface area contributed by atoms with E-state index in [9.17, 15) is 9.59 Å². The van der Waals surface area contributed by atoms with Gasteiger partial charge in [0.2, 0.25) is 0 Å². The Morgan fingerprint density at radius 2 is 2.08 bits per heavy atom. The maximum atomic E-state index is 13.0.